The molecule has 0 aliphatic carbocycles. The number of nitro groups is 1. The van der Waals surface area contributed by atoms with Gasteiger partial charge >= 0.3 is 5.88 Å². The number of anilines is 1. The fourth-order valence-electron chi connectivity index (χ4n) is 1.23. The molecule has 1 N–H and O–H groups in total. The number of furan rings is 1. The van der Waals surface area contributed by atoms with E-state index in [0.29, 0.717) is 10.7 Å². The number of hydrogen-bond donors (Lipinski definition) is 1. The molecule has 1 aromatic carbocycles. The summed E-state index contributed by atoms with van der Waals surface area (Å²) < 4.78 is 4.89. The van der Waals surface area contributed by atoms with E-state index in [-0.39, 0.29) is 11.6 Å². The Kier molecular flexibility index (Phi) is 3.59. The summed E-state index contributed by atoms with van der Waals surface area (Å²) in [4.78, 5) is 9.78. The van der Waals surface area contributed by atoms with Gasteiger partial charge < -0.3 is 4.42 Å². The van der Waals surface area contributed by atoms with Gasteiger partial charge in [-0.25, -0.2) is 0 Å². The molecule has 0 unspecified atom stereocenters. The minimum atomic E-state index is -0.612. The first-order valence-electron chi connectivity index (χ1n) is 4.94. The van der Waals surface area contributed by atoms with Crippen LogP contribution in [0.2, 0.25) is 5.02 Å². The lowest BCUT2D eigenvalue weighted by atomic mass is 10.3. The molecule has 0 fully saturated rings. The summed E-state index contributed by atoms with van der Waals surface area (Å²) in [5, 5.41) is 14.8. The average Bonchev–Trinajstić information content (AvgIpc) is 2.80. The first-order chi connectivity index (χ1) is 8.66. The Bertz CT molecular complexity index is 595. The molecule has 0 aliphatic heterocycles. The lowest BCUT2D eigenvalue weighted by Gasteiger charge is -2.00. The molecule has 1 heterocycles. The van der Waals surface area contributed by atoms with Crippen molar-refractivity contribution in [1.29, 1.82) is 0 Å². The number of hydrazone groups is 1. The highest BCUT2D eigenvalue weighted by molar-refractivity contribution is 6.33. The maximum Gasteiger partial charge on any atom is 0.433 e. The van der Waals surface area contributed by atoms with E-state index in [4.69, 9.17) is 16.0 Å². The summed E-state index contributed by atoms with van der Waals surface area (Å²) >= 11 is 5.90. The van der Waals surface area contributed by atoms with Crippen molar-refractivity contribution >= 4 is 29.4 Å². The number of rotatable bonds is 4. The molecular weight excluding hydrogens is 258 g/mol. The number of halogens is 1. The van der Waals surface area contributed by atoms with Crippen LogP contribution in [0, 0.1) is 10.1 Å². The molecule has 18 heavy (non-hydrogen) atoms. The van der Waals surface area contributed by atoms with Gasteiger partial charge in [0.05, 0.1) is 23.0 Å². The minimum Gasteiger partial charge on any atom is -0.400 e. The first-order valence-corrected chi connectivity index (χ1v) is 5.32. The molecule has 92 valence electrons. The smallest absolute Gasteiger partial charge is 0.400 e. The highest BCUT2D eigenvalue weighted by Crippen LogP contribution is 2.20. The monoisotopic (exact) mass is 265 g/mol. The van der Waals surface area contributed by atoms with E-state index in [9.17, 15) is 10.1 Å². The van der Waals surface area contributed by atoms with Gasteiger partial charge in [0.25, 0.3) is 0 Å². The fraction of sp³-hybridized carbons (Fsp3) is 0. The summed E-state index contributed by atoms with van der Waals surface area (Å²) in [6.45, 7) is 0. The van der Waals surface area contributed by atoms with Crippen LogP contribution in [0.4, 0.5) is 11.6 Å². The quantitative estimate of drug-likeness (QED) is 0.522. The third kappa shape index (κ3) is 2.86. The predicted octanol–water partition coefficient (Wildman–Crippen LogP) is 3.29. The largest absolute Gasteiger partial charge is 0.433 e. The summed E-state index contributed by atoms with van der Waals surface area (Å²) in [6, 6.07) is 9.79. The minimum absolute atomic E-state index is 0.279. The molecular formula is C11H8ClN3O3. The van der Waals surface area contributed by atoms with Crippen LogP contribution in [-0.4, -0.2) is 11.1 Å². The molecule has 0 radical (unpaired) electrons. The van der Waals surface area contributed by atoms with Gasteiger partial charge in [-0.15, -0.1) is 0 Å². The van der Waals surface area contributed by atoms with Crippen molar-refractivity contribution in [2.24, 2.45) is 5.10 Å². The van der Waals surface area contributed by atoms with Crippen LogP contribution in [0.5, 0.6) is 0 Å². The Labute approximate surface area is 107 Å². The third-order valence-corrected chi connectivity index (χ3v) is 2.37. The second-order valence-electron chi connectivity index (χ2n) is 3.28. The van der Waals surface area contributed by atoms with Gasteiger partial charge in [-0.2, -0.15) is 5.10 Å². The number of benzene rings is 1. The molecule has 0 spiro atoms. The molecule has 0 bridgehead atoms. The molecule has 0 amide bonds. The molecule has 0 aliphatic rings. The Morgan fingerprint density at radius 3 is 2.78 bits per heavy atom. The van der Waals surface area contributed by atoms with Crippen molar-refractivity contribution in [3.05, 3.63) is 57.3 Å². The fourth-order valence-corrected chi connectivity index (χ4v) is 1.41. The van der Waals surface area contributed by atoms with Gasteiger partial charge in [0.1, 0.15) is 4.92 Å². The van der Waals surface area contributed by atoms with E-state index < -0.39 is 4.92 Å². The molecule has 1 aromatic heterocycles. The maximum atomic E-state index is 10.4. The van der Waals surface area contributed by atoms with Crippen LogP contribution in [-0.2, 0) is 0 Å². The Morgan fingerprint density at radius 1 is 1.33 bits per heavy atom. The molecule has 0 saturated carbocycles. The third-order valence-electron chi connectivity index (χ3n) is 2.04. The Morgan fingerprint density at radius 2 is 2.11 bits per heavy atom. The predicted molar refractivity (Wildman–Crippen MR) is 68.0 cm³/mol. The van der Waals surface area contributed by atoms with E-state index in [1.807, 2.05) is 6.07 Å². The normalized spacial score (nSPS) is 10.7. The van der Waals surface area contributed by atoms with Crippen LogP contribution in [0.15, 0.2) is 45.9 Å². The number of nitrogens with one attached hydrogen (secondary N) is 1. The van der Waals surface area contributed by atoms with Gasteiger partial charge in [-0.05, 0) is 18.2 Å². The summed E-state index contributed by atoms with van der Waals surface area (Å²) in [5.74, 6) is -0.0459. The lowest BCUT2D eigenvalue weighted by Crippen LogP contribution is -1.90. The van der Waals surface area contributed by atoms with Gasteiger partial charge in [0.15, 0.2) is 5.76 Å². The second-order valence-corrected chi connectivity index (χ2v) is 3.69. The molecule has 0 saturated heterocycles. The molecule has 7 heteroatoms. The van der Waals surface area contributed by atoms with E-state index >= 15 is 0 Å². The summed E-state index contributed by atoms with van der Waals surface area (Å²) in [5.41, 5.74) is 3.34. The second kappa shape index (κ2) is 5.33. The average molecular weight is 266 g/mol. The maximum absolute atomic E-state index is 10.4. The van der Waals surface area contributed by atoms with Crippen LogP contribution in [0.25, 0.3) is 0 Å². The highest BCUT2D eigenvalue weighted by atomic mass is 35.5. The standard InChI is InChI=1S/C11H8ClN3O3/c12-9-3-1-2-4-10(9)14-13-7-8-5-6-11(18-8)15(16)17/h1-7,14H/b13-7+. The van der Waals surface area contributed by atoms with Crippen LogP contribution >= 0.6 is 11.6 Å². The SMILES string of the molecule is O=[N+]([O-])c1ccc(/C=N/Nc2ccccc2Cl)o1. The van der Waals surface area contributed by atoms with Crippen molar-refractivity contribution in [2.45, 2.75) is 0 Å². The zero-order valence-electron chi connectivity index (χ0n) is 9.04. The number of nitrogens with zero attached hydrogens (tertiary/aromatic N) is 2. The van der Waals surface area contributed by atoms with Gasteiger partial charge in [-0.1, -0.05) is 23.7 Å². The van der Waals surface area contributed by atoms with E-state index in [2.05, 4.69) is 10.5 Å². The molecule has 0 atom stereocenters. The molecule has 6 nitrogen and oxygen atoms in total. The Hall–Kier alpha value is -2.34. The van der Waals surface area contributed by atoms with Crippen LogP contribution in [0.1, 0.15) is 5.76 Å². The van der Waals surface area contributed by atoms with E-state index in [0.717, 1.165) is 0 Å². The zero-order valence-corrected chi connectivity index (χ0v) is 9.79. The van der Waals surface area contributed by atoms with Crippen molar-refractivity contribution in [2.75, 3.05) is 5.43 Å². The van der Waals surface area contributed by atoms with Crippen molar-refractivity contribution in [3.8, 4) is 0 Å². The highest BCUT2D eigenvalue weighted by Gasteiger charge is 2.10. The Balaban J connectivity index is 2.03. The van der Waals surface area contributed by atoms with Crippen molar-refractivity contribution in [3.63, 3.8) is 0 Å². The van der Waals surface area contributed by atoms with E-state index in [1.165, 1.54) is 18.3 Å². The number of hydrogen-bond acceptors (Lipinski definition) is 5. The van der Waals surface area contributed by atoms with Gasteiger partial charge in [0, 0.05) is 0 Å². The summed E-state index contributed by atoms with van der Waals surface area (Å²) in [7, 11) is 0. The zero-order chi connectivity index (χ0) is 13.0. The van der Waals surface area contributed by atoms with Gasteiger partial charge in [-0.3, -0.25) is 15.5 Å². The van der Waals surface area contributed by atoms with Crippen LogP contribution < -0.4 is 5.43 Å². The van der Waals surface area contributed by atoms with Crippen molar-refractivity contribution in [1.82, 2.24) is 0 Å². The van der Waals surface area contributed by atoms with Crippen LogP contribution in [0.3, 0.4) is 0 Å². The summed E-state index contributed by atoms with van der Waals surface area (Å²) in [6.07, 6.45) is 1.33. The van der Waals surface area contributed by atoms with Crippen molar-refractivity contribution < 1.29 is 9.34 Å². The molecule has 2 aromatic rings. The van der Waals surface area contributed by atoms with E-state index in [1.54, 1.807) is 18.2 Å². The molecule has 2 rings (SSSR count). The number of para-hydroxylation sites is 1. The first kappa shape index (κ1) is 12.1. The van der Waals surface area contributed by atoms with Gasteiger partial charge in [0.2, 0.25) is 0 Å². The topological polar surface area (TPSA) is 80.7 Å². The lowest BCUT2D eigenvalue weighted by molar-refractivity contribution is -0.402.